The zero-order chi connectivity index (χ0) is 11.7. The molecule has 1 atom stereocenters. The van der Waals surface area contributed by atoms with Crippen molar-refractivity contribution in [1.29, 1.82) is 0 Å². The van der Waals surface area contributed by atoms with Crippen molar-refractivity contribution in [3.63, 3.8) is 0 Å². The maximum Gasteiger partial charge on any atom is 0.253 e. The molecule has 0 aliphatic carbocycles. The van der Waals surface area contributed by atoms with Crippen LogP contribution in [0.15, 0.2) is 18.2 Å². The second kappa shape index (κ2) is 5.23. The molecule has 1 heterocycles. The Hall–Kier alpha value is 0.190. The van der Waals surface area contributed by atoms with E-state index in [9.17, 15) is 4.79 Å². The molecule has 0 saturated carbocycles. The average molecular weight is 414 g/mol. The first-order valence-electron chi connectivity index (χ1n) is 4.96. The van der Waals surface area contributed by atoms with E-state index in [1.54, 1.807) is 6.07 Å². The van der Waals surface area contributed by atoms with Crippen molar-refractivity contribution >= 4 is 56.0 Å². The van der Waals surface area contributed by atoms with Crippen LogP contribution in [0.4, 0.5) is 0 Å². The number of carbonyl (C=O) groups excluding carboxylic acids is 1. The maximum atomic E-state index is 12.1. The van der Waals surface area contributed by atoms with E-state index in [1.807, 2.05) is 17.0 Å². The summed E-state index contributed by atoms with van der Waals surface area (Å²) >= 11 is 11.7. The Labute approximate surface area is 122 Å². The fourth-order valence-corrected chi connectivity index (χ4v) is 2.78. The van der Waals surface area contributed by atoms with Gasteiger partial charge in [0, 0.05) is 27.1 Å². The Kier molecular flexibility index (Phi) is 4.13. The molecule has 0 bridgehead atoms. The van der Waals surface area contributed by atoms with Crippen LogP contribution < -0.4 is 0 Å². The normalized spacial score (nSPS) is 20.2. The number of rotatable bonds is 1. The topological polar surface area (TPSA) is 20.3 Å². The molecule has 1 saturated heterocycles. The lowest BCUT2D eigenvalue weighted by molar-refractivity contribution is 0.0793. The Morgan fingerprint density at radius 3 is 2.88 bits per heavy atom. The van der Waals surface area contributed by atoms with E-state index in [0.717, 1.165) is 23.1 Å². The average Bonchev–Trinajstić information content (AvgIpc) is 2.68. The number of hydrogen-bond donors (Lipinski definition) is 0. The highest BCUT2D eigenvalue weighted by Crippen LogP contribution is 2.23. The number of amides is 1. The van der Waals surface area contributed by atoms with Crippen LogP contribution in [0.3, 0.4) is 0 Å². The molecule has 1 unspecified atom stereocenters. The SMILES string of the molecule is O=C(c1ccc(I)c(Cl)c1)N1CCC(Br)C1. The third-order valence-electron chi connectivity index (χ3n) is 2.58. The third kappa shape index (κ3) is 2.71. The number of carbonyl (C=O) groups is 1. The zero-order valence-corrected chi connectivity index (χ0v) is 12.9. The molecule has 16 heavy (non-hydrogen) atoms. The molecular formula is C11H10BrClINO. The Morgan fingerprint density at radius 2 is 2.31 bits per heavy atom. The van der Waals surface area contributed by atoms with E-state index >= 15 is 0 Å². The van der Waals surface area contributed by atoms with E-state index in [4.69, 9.17) is 11.6 Å². The molecule has 5 heteroatoms. The Morgan fingerprint density at radius 1 is 1.56 bits per heavy atom. The fourth-order valence-electron chi connectivity index (χ4n) is 1.71. The molecule has 1 amide bonds. The minimum Gasteiger partial charge on any atom is -0.337 e. The number of halogens is 3. The van der Waals surface area contributed by atoms with Crippen LogP contribution in [0.25, 0.3) is 0 Å². The summed E-state index contributed by atoms with van der Waals surface area (Å²) in [5.74, 6) is 0.0697. The van der Waals surface area contributed by atoms with Crippen LogP contribution in [0, 0.1) is 3.57 Å². The van der Waals surface area contributed by atoms with Gasteiger partial charge in [-0.3, -0.25) is 4.79 Å². The lowest BCUT2D eigenvalue weighted by atomic mass is 10.2. The Balaban J connectivity index is 2.18. The van der Waals surface area contributed by atoms with Gasteiger partial charge in [0.1, 0.15) is 0 Å². The number of likely N-dealkylation sites (tertiary alicyclic amines) is 1. The second-order valence-corrected chi connectivity index (χ2v) is 6.63. The largest absolute Gasteiger partial charge is 0.337 e. The summed E-state index contributed by atoms with van der Waals surface area (Å²) in [6.07, 6.45) is 1.02. The Bertz CT molecular complexity index is 426. The monoisotopic (exact) mass is 413 g/mol. The lowest BCUT2D eigenvalue weighted by Gasteiger charge is -2.15. The molecule has 86 valence electrons. The van der Waals surface area contributed by atoms with Crippen molar-refractivity contribution in [1.82, 2.24) is 4.90 Å². The van der Waals surface area contributed by atoms with E-state index in [-0.39, 0.29) is 5.91 Å². The predicted molar refractivity (Wildman–Crippen MR) is 77.4 cm³/mol. The third-order valence-corrected chi connectivity index (χ3v) is 4.90. The molecule has 1 fully saturated rings. The van der Waals surface area contributed by atoms with Crippen LogP contribution in [-0.4, -0.2) is 28.7 Å². The van der Waals surface area contributed by atoms with Gasteiger partial charge >= 0.3 is 0 Å². The number of hydrogen-bond acceptors (Lipinski definition) is 1. The van der Waals surface area contributed by atoms with E-state index in [0.29, 0.717) is 15.4 Å². The molecule has 1 aliphatic heterocycles. The minimum absolute atomic E-state index is 0.0697. The van der Waals surface area contributed by atoms with E-state index < -0.39 is 0 Å². The van der Waals surface area contributed by atoms with Crippen LogP contribution in [0.5, 0.6) is 0 Å². The van der Waals surface area contributed by atoms with E-state index in [2.05, 4.69) is 38.5 Å². The summed E-state index contributed by atoms with van der Waals surface area (Å²) in [6, 6.07) is 5.45. The molecule has 1 aromatic rings. The van der Waals surface area contributed by atoms with Gasteiger partial charge in [0.15, 0.2) is 0 Å². The maximum absolute atomic E-state index is 12.1. The number of nitrogens with zero attached hydrogens (tertiary/aromatic N) is 1. The van der Waals surface area contributed by atoms with Crippen LogP contribution in [0.1, 0.15) is 16.8 Å². The van der Waals surface area contributed by atoms with Crippen molar-refractivity contribution in [3.8, 4) is 0 Å². The summed E-state index contributed by atoms with van der Waals surface area (Å²) in [6.45, 7) is 1.60. The summed E-state index contributed by atoms with van der Waals surface area (Å²) in [5, 5.41) is 0.640. The van der Waals surface area contributed by atoms with Crippen molar-refractivity contribution in [2.75, 3.05) is 13.1 Å². The molecule has 0 radical (unpaired) electrons. The first-order valence-corrected chi connectivity index (χ1v) is 7.33. The first-order chi connectivity index (χ1) is 7.58. The highest BCUT2D eigenvalue weighted by atomic mass is 127. The fraction of sp³-hybridized carbons (Fsp3) is 0.364. The van der Waals surface area contributed by atoms with Gasteiger partial charge in [-0.25, -0.2) is 0 Å². The zero-order valence-electron chi connectivity index (χ0n) is 8.42. The van der Waals surface area contributed by atoms with Crippen molar-refractivity contribution in [2.45, 2.75) is 11.2 Å². The van der Waals surface area contributed by atoms with Gasteiger partial charge in [0.25, 0.3) is 5.91 Å². The summed E-state index contributed by atoms with van der Waals surface area (Å²) in [5.41, 5.74) is 0.673. The number of alkyl halides is 1. The van der Waals surface area contributed by atoms with Gasteiger partial charge in [0.05, 0.1) is 5.02 Å². The van der Waals surface area contributed by atoms with Gasteiger partial charge in [-0.2, -0.15) is 0 Å². The summed E-state index contributed by atoms with van der Waals surface area (Å²) < 4.78 is 0.968. The van der Waals surface area contributed by atoms with Gasteiger partial charge in [-0.15, -0.1) is 0 Å². The summed E-state index contributed by atoms with van der Waals surface area (Å²) in [7, 11) is 0. The molecule has 0 N–H and O–H groups in total. The van der Waals surface area contributed by atoms with Gasteiger partial charge in [0.2, 0.25) is 0 Å². The molecule has 1 aliphatic rings. The molecule has 2 nitrogen and oxygen atoms in total. The molecule has 1 aromatic carbocycles. The van der Waals surface area contributed by atoms with Crippen LogP contribution in [-0.2, 0) is 0 Å². The smallest absolute Gasteiger partial charge is 0.253 e. The molecular weight excluding hydrogens is 404 g/mol. The van der Waals surface area contributed by atoms with Gasteiger partial charge < -0.3 is 4.90 Å². The van der Waals surface area contributed by atoms with Crippen molar-refractivity contribution in [3.05, 3.63) is 32.4 Å². The minimum atomic E-state index is 0.0697. The first kappa shape index (κ1) is 12.6. The van der Waals surface area contributed by atoms with Gasteiger partial charge in [-0.05, 0) is 47.2 Å². The van der Waals surface area contributed by atoms with Crippen LogP contribution in [0.2, 0.25) is 5.02 Å². The standard InChI is InChI=1S/C11H10BrClINO/c12-8-3-4-15(6-8)11(16)7-1-2-10(14)9(13)5-7/h1-2,5,8H,3-4,6H2. The van der Waals surface area contributed by atoms with Gasteiger partial charge in [-0.1, -0.05) is 27.5 Å². The van der Waals surface area contributed by atoms with Crippen molar-refractivity contribution < 1.29 is 4.79 Å². The highest BCUT2D eigenvalue weighted by molar-refractivity contribution is 14.1. The van der Waals surface area contributed by atoms with E-state index in [1.165, 1.54) is 0 Å². The molecule has 0 aromatic heterocycles. The molecule has 0 spiro atoms. The second-order valence-electron chi connectivity index (χ2n) is 3.77. The lowest BCUT2D eigenvalue weighted by Crippen LogP contribution is -2.28. The number of benzene rings is 1. The predicted octanol–water partition coefficient (Wildman–Crippen LogP) is 3.55. The van der Waals surface area contributed by atoms with Crippen molar-refractivity contribution in [2.24, 2.45) is 0 Å². The van der Waals surface area contributed by atoms with Crippen LogP contribution >= 0.6 is 50.1 Å². The summed E-state index contributed by atoms with van der Waals surface area (Å²) in [4.78, 5) is 14.4. The quantitative estimate of drug-likeness (QED) is 0.508. The molecule has 2 rings (SSSR count). The highest BCUT2D eigenvalue weighted by Gasteiger charge is 2.25.